The summed E-state index contributed by atoms with van der Waals surface area (Å²) < 4.78 is 0. The number of rotatable bonds is 6. The first-order chi connectivity index (χ1) is 8.15. The molecule has 0 spiro atoms. The van der Waals surface area contributed by atoms with Crippen LogP contribution in [0.3, 0.4) is 0 Å². The van der Waals surface area contributed by atoms with Gasteiger partial charge in [0.25, 0.3) is 0 Å². The Labute approximate surface area is 103 Å². The number of nitrogens with zero attached hydrogens (tertiary/aromatic N) is 1. The van der Waals surface area contributed by atoms with Gasteiger partial charge < -0.3 is 16.4 Å². The zero-order chi connectivity index (χ0) is 12.7. The second-order valence-corrected chi connectivity index (χ2v) is 4.14. The molecular formula is C13H21N3O. The SMILES string of the molecule is CC(N)C(=O)N(CCN)CCc1ccccc1. The van der Waals surface area contributed by atoms with E-state index in [-0.39, 0.29) is 5.91 Å². The Hall–Kier alpha value is -1.39. The van der Waals surface area contributed by atoms with Gasteiger partial charge in [0.1, 0.15) is 0 Å². The van der Waals surface area contributed by atoms with E-state index in [4.69, 9.17) is 11.5 Å². The molecule has 0 aromatic heterocycles. The highest BCUT2D eigenvalue weighted by molar-refractivity contribution is 5.81. The van der Waals surface area contributed by atoms with Gasteiger partial charge in [0.05, 0.1) is 6.04 Å². The van der Waals surface area contributed by atoms with E-state index in [1.54, 1.807) is 11.8 Å². The maximum atomic E-state index is 11.8. The van der Waals surface area contributed by atoms with Gasteiger partial charge in [-0.2, -0.15) is 0 Å². The van der Waals surface area contributed by atoms with Crippen LogP contribution in [-0.4, -0.2) is 36.5 Å². The van der Waals surface area contributed by atoms with E-state index >= 15 is 0 Å². The number of benzene rings is 1. The lowest BCUT2D eigenvalue weighted by molar-refractivity contribution is -0.132. The number of hydrogen-bond acceptors (Lipinski definition) is 3. The topological polar surface area (TPSA) is 72.4 Å². The highest BCUT2D eigenvalue weighted by Gasteiger charge is 2.16. The fourth-order valence-electron chi connectivity index (χ4n) is 1.68. The molecule has 1 unspecified atom stereocenters. The first-order valence-corrected chi connectivity index (χ1v) is 5.93. The van der Waals surface area contributed by atoms with E-state index in [1.807, 2.05) is 18.2 Å². The molecule has 1 rings (SSSR count). The molecule has 4 heteroatoms. The first-order valence-electron chi connectivity index (χ1n) is 5.93. The third-order valence-corrected chi connectivity index (χ3v) is 2.61. The van der Waals surface area contributed by atoms with Crippen LogP contribution in [0.25, 0.3) is 0 Å². The molecule has 0 radical (unpaired) electrons. The van der Waals surface area contributed by atoms with Crippen LogP contribution < -0.4 is 11.5 Å². The van der Waals surface area contributed by atoms with Gasteiger partial charge in [-0.1, -0.05) is 30.3 Å². The standard InChI is InChI=1S/C13H21N3O/c1-11(15)13(17)16(10-8-14)9-7-12-5-3-2-4-6-12/h2-6,11H,7-10,14-15H2,1H3. The maximum Gasteiger partial charge on any atom is 0.239 e. The third-order valence-electron chi connectivity index (χ3n) is 2.61. The molecule has 17 heavy (non-hydrogen) atoms. The summed E-state index contributed by atoms with van der Waals surface area (Å²) in [6.07, 6.45) is 0.833. The fourth-order valence-corrected chi connectivity index (χ4v) is 1.68. The second kappa shape index (κ2) is 7.04. The molecule has 0 aliphatic heterocycles. The summed E-state index contributed by atoms with van der Waals surface area (Å²) in [5, 5.41) is 0. The summed E-state index contributed by atoms with van der Waals surface area (Å²) in [6.45, 7) is 3.40. The van der Waals surface area contributed by atoms with Crippen LogP contribution in [-0.2, 0) is 11.2 Å². The van der Waals surface area contributed by atoms with Gasteiger partial charge in [0.15, 0.2) is 0 Å². The molecule has 1 atom stereocenters. The summed E-state index contributed by atoms with van der Waals surface area (Å²) >= 11 is 0. The molecule has 0 fully saturated rings. The molecular weight excluding hydrogens is 214 g/mol. The Morgan fingerprint density at radius 1 is 1.29 bits per heavy atom. The smallest absolute Gasteiger partial charge is 0.239 e. The van der Waals surface area contributed by atoms with Crippen LogP contribution in [0.4, 0.5) is 0 Å². The van der Waals surface area contributed by atoms with E-state index < -0.39 is 6.04 Å². The Kier molecular flexibility index (Phi) is 5.66. The summed E-state index contributed by atoms with van der Waals surface area (Å²) in [5.74, 6) is -0.0358. The van der Waals surface area contributed by atoms with Crippen LogP contribution in [0, 0.1) is 0 Å². The summed E-state index contributed by atoms with van der Waals surface area (Å²) in [7, 11) is 0. The van der Waals surface area contributed by atoms with Crippen molar-refractivity contribution in [3.8, 4) is 0 Å². The van der Waals surface area contributed by atoms with Gasteiger partial charge in [-0.3, -0.25) is 4.79 Å². The van der Waals surface area contributed by atoms with Crippen LogP contribution in [0.2, 0.25) is 0 Å². The second-order valence-electron chi connectivity index (χ2n) is 4.14. The number of hydrogen-bond donors (Lipinski definition) is 2. The van der Waals surface area contributed by atoms with E-state index in [2.05, 4.69) is 12.1 Å². The monoisotopic (exact) mass is 235 g/mol. The van der Waals surface area contributed by atoms with Crippen molar-refractivity contribution in [1.29, 1.82) is 0 Å². The predicted molar refractivity (Wildman–Crippen MR) is 69.4 cm³/mol. The van der Waals surface area contributed by atoms with Crippen LogP contribution in [0.5, 0.6) is 0 Å². The van der Waals surface area contributed by atoms with Crippen molar-refractivity contribution in [2.45, 2.75) is 19.4 Å². The van der Waals surface area contributed by atoms with Crippen molar-refractivity contribution >= 4 is 5.91 Å². The lowest BCUT2D eigenvalue weighted by atomic mass is 10.1. The number of amides is 1. The third kappa shape index (κ3) is 4.54. The fraction of sp³-hybridized carbons (Fsp3) is 0.462. The molecule has 0 aliphatic carbocycles. The minimum atomic E-state index is -0.461. The molecule has 4 nitrogen and oxygen atoms in total. The number of carbonyl (C=O) groups is 1. The van der Waals surface area contributed by atoms with Crippen molar-refractivity contribution in [2.24, 2.45) is 11.5 Å². The van der Waals surface area contributed by atoms with E-state index in [1.165, 1.54) is 5.56 Å². The van der Waals surface area contributed by atoms with Gasteiger partial charge in [-0.15, -0.1) is 0 Å². The van der Waals surface area contributed by atoms with Crippen molar-refractivity contribution in [1.82, 2.24) is 4.90 Å². The minimum Gasteiger partial charge on any atom is -0.340 e. The lowest BCUT2D eigenvalue weighted by Gasteiger charge is -2.23. The Morgan fingerprint density at radius 3 is 2.47 bits per heavy atom. The molecule has 4 N–H and O–H groups in total. The largest absolute Gasteiger partial charge is 0.340 e. The molecule has 0 bridgehead atoms. The van der Waals surface area contributed by atoms with Gasteiger partial charge in [0, 0.05) is 19.6 Å². The molecule has 0 saturated heterocycles. The van der Waals surface area contributed by atoms with Crippen molar-refractivity contribution in [2.75, 3.05) is 19.6 Å². The summed E-state index contributed by atoms with van der Waals surface area (Å²) in [4.78, 5) is 13.5. The van der Waals surface area contributed by atoms with Gasteiger partial charge in [0.2, 0.25) is 5.91 Å². The average molecular weight is 235 g/mol. The Balaban J connectivity index is 2.53. The molecule has 1 aromatic carbocycles. The number of nitrogens with two attached hydrogens (primary N) is 2. The average Bonchev–Trinajstić information content (AvgIpc) is 2.34. The summed E-state index contributed by atoms with van der Waals surface area (Å²) in [6, 6.07) is 9.62. The normalized spacial score (nSPS) is 12.2. The molecule has 1 aromatic rings. The lowest BCUT2D eigenvalue weighted by Crippen LogP contribution is -2.45. The van der Waals surface area contributed by atoms with E-state index in [9.17, 15) is 4.79 Å². The first kappa shape index (κ1) is 13.7. The Bertz CT molecular complexity index is 338. The predicted octanol–water partition coefficient (Wildman–Crippen LogP) is 0.364. The molecule has 0 aliphatic rings. The summed E-state index contributed by atoms with van der Waals surface area (Å²) in [5.41, 5.74) is 12.3. The molecule has 94 valence electrons. The zero-order valence-electron chi connectivity index (χ0n) is 10.3. The van der Waals surface area contributed by atoms with E-state index in [0.717, 1.165) is 6.42 Å². The van der Waals surface area contributed by atoms with Crippen LogP contribution in [0.1, 0.15) is 12.5 Å². The minimum absolute atomic E-state index is 0.0358. The van der Waals surface area contributed by atoms with Crippen molar-refractivity contribution in [3.63, 3.8) is 0 Å². The van der Waals surface area contributed by atoms with Crippen molar-refractivity contribution in [3.05, 3.63) is 35.9 Å². The van der Waals surface area contributed by atoms with E-state index in [0.29, 0.717) is 19.6 Å². The highest BCUT2D eigenvalue weighted by atomic mass is 16.2. The van der Waals surface area contributed by atoms with Gasteiger partial charge >= 0.3 is 0 Å². The quantitative estimate of drug-likeness (QED) is 0.748. The zero-order valence-corrected chi connectivity index (χ0v) is 10.3. The van der Waals surface area contributed by atoms with Crippen LogP contribution in [0.15, 0.2) is 30.3 Å². The van der Waals surface area contributed by atoms with Gasteiger partial charge in [-0.25, -0.2) is 0 Å². The molecule has 0 heterocycles. The molecule has 1 amide bonds. The van der Waals surface area contributed by atoms with Crippen LogP contribution >= 0.6 is 0 Å². The Morgan fingerprint density at radius 2 is 1.94 bits per heavy atom. The highest BCUT2D eigenvalue weighted by Crippen LogP contribution is 2.02. The van der Waals surface area contributed by atoms with Crippen molar-refractivity contribution < 1.29 is 4.79 Å². The maximum absolute atomic E-state index is 11.8. The molecule has 0 saturated carbocycles. The van der Waals surface area contributed by atoms with Gasteiger partial charge in [-0.05, 0) is 18.9 Å². The number of carbonyl (C=O) groups excluding carboxylic acids is 1.